The lowest BCUT2D eigenvalue weighted by molar-refractivity contribution is 0.0861. The molecule has 0 aliphatic rings. The SMILES string of the molecule is O=C(N[C@@H](Cc1ccccc1)C[C@H](O)[C@H](Cc1ccccc1)NC(=O)OCc1ccccc1)OCc1ccccc1. The van der Waals surface area contributed by atoms with Crippen LogP contribution in [0.25, 0.3) is 0 Å². The third kappa shape index (κ3) is 10.5. The molecule has 0 saturated heterocycles. The Morgan fingerprint density at radius 3 is 1.41 bits per heavy atom. The first-order valence-corrected chi connectivity index (χ1v) is 13.8. The average molecular weight is 553 g/mol. The molecule has 0 bridgehead atoms. The highest BCUT2D eigenvalue weighted by molar-refractivity contribution is 5.68. The zero-order valence-electron chi connectivity index (χ0n) is 22.9. The number of hydrogen-bond donors (Lipinski definition) is 3. The molecule has 7 heteroatoms. The second kappa shape index (κ2) is 15.8. The Kier molecular flexibility index (Phi) is 11.3. The van der Waals surface area contributed by atoms with Gasteiger partial charge in [0.25, 0.3) is 0 Å². The van der Waals surface area contributed by atoms with Gasteiger partial charge in [-0.2, -0.15) is 0 Å². The van der Waals surface area contributed by atoms with Gasteiger partial charge < -0.3 is 25.2 Å². The summed E-state index contributed by atoms with van der Waals surface area (Å²) < 4.78 is 10.9. The highest BCUT2D eigenvalue weighted by atomic mass is 16.6. The van der Waals surface area contributed by atoms with Crippen LogP contribution in [-0.2, 0) is 35.5 Å². The molecule has 0 radical (unpaired) electrons. The second-order valence-corrected chi connectivity index (χ2v) is 9.90. The fourth-order valence-corrected chi connectivity index (χ4v) is 4.55. The number of carbonyl (C=O) groups excluding carboxylic acids is 2. The van der Waals surface area contributed by atoms with Crippen LogP contribution in [0.1, 0.15) is 28.7 Å². The first-order chi connectivity index (χ1) is 20.0. The van der Waals surface area contributed by atoms with Crippen LogP contribution in [0, 0.1) is 0 Å². The normalized spacial score (nSPS) is 12.9. The molecule has 212 valence electrons. The number of benzene rings is 4. The topological polar surface area (TPSA) is 96.9 Å². The monoisotopic (exact) mass is 552 g/mol. The second-order valence-electron chi connectivity index (χ2n) is 9.90. The predicted octanol–water partition coefficient (Wildman–Crippen LogP) is 5.81. The molecule has 0 saturated carbocycles. The number of rotatable bonds is 13. The molecule has 4 aromatic rings. The number of nitrogens with one attached hydrogen (secondary N) is 2. The van der Waals surface area contributed by atoms with E-state index in [1.807, 2.05) is 121 Å². The third-order valence-corrected chi connectivity index (χ3v) is 6.66. The van der Waals surface area contributed by atoms with Crippen molar-refractivity contribution in [3.05, 3.63) is 144 Å². The van der Waals surface area contributed by atoms with Crippen LogP contribution < -0.4 is 10.6 Å². The highest BCUT2D eigenvalue weighted by Crippen LogP contribution is 2.15. The predicted molar refractivity (Wildman–Crippen MR) is 158 cm³/mol. The molecule has 0 fully saturated rings. The maximum atomic E-state index is 12.8. The van der Waals surface area contributed by atoms with Crippen molar-refractivity contribution in [3.8, 4) is 0 Å². The minimum atomic E-state index is -0.984. The van der Waals surface area contributed by atoms with E-state index >= 15 is 0 Å². The van der Waals surface area contributed by atoms with E-state index < -0.39 is 30.4 Å². The largest absolute Gasteiger partial charge is 0.445 e. The molecule has 4 rings (SSSR count). The number of aliphatic hydroxyl groups excluding tert-OH is 1. The Labute approximate surface area is 241 Å². The molecule has 41 heavy (non-hydrogen) atoms. The van der Waals surface area contributed by atoms with Gasteiger partial charge in [-0.05, 0) is 41.5 Å². The van der Waals surface area contributed by atoms with Crippen LogP contribution in [0.5, 0.6) is 0 Å². The number of carbonyl (C=O) groups is 2. The molecule has 3 atom stereocenters. The maximum absolute atomic E-state index is 12.8. The van der Waals surface area contributed by atoms with Crippen LogP contribution in [-0.4, -0.2) is 35.5 Å². The van der Waals surface area contributed by atoms with Gasteiger partial charge in [0.15, 0.2) is 0 Å². The van der Waals surface area contributed by atoms with Gasteiger partial charge in [-0.25, -0.2) is 9.59 Å². The first kappa shape index (κ1) is 29.4. The summed E-state index contributed by atoms with van der Waals surface area (Å²) in [6, 6.07) is 37.1. The van der Waals surface area contributed by atoms with Gasteiger partial charge in [0, 0.05) is 6.04 Å². The first-order valence-electron chi connectivity index (χ1n) is 13.8. The fraction of sp³-hybridized carbons (Fsp3) is 0.235. The average Bonchev–Trinajstić information content (AvgIpc) is 3.01. The van der Waals surface area contributed by atoms with E-state index in [4.69, 9.17) is 9.47 Å². The number of hydrogen-bond acceptors (Lipinski definition) is 5. The van der Waals surface area contributed by atoms with E-state index in [0.717, 1.165) is 22.3 Å². The number of aliphatic hydroxyl groups is 1. The van der Waals surface area contributed by atoms with E-state index in [9.17, 15) is 14.7 Å². The van der Waals surface area contributed by atoms with Crippen molar-refractivity contribution in [2.24, 2.45) is 0 Å². The molecular formula is C34H36N2O5. The van der Waals surface area contributed by atoms with E-state index in [1.54, 1.807) is 0 Å². The lowest BCUT2D eigenvalue weighted by Crippen LogP contribution is -2.48. The number of alkyl carbamates (subject to hydrolysis) is 2. The van der Waals surface area contributed by atoms with Crippen LogP contribution in [0.2, 0.25) is 0 Å². The Hall–Kier alpha value is -4.62. The molecule has 0 aliphatic carbocycles. The highest BCUT2D eigenvalue weighted by Gasteiger charge is 2.27. The molecule has 2 amide bonds. The Morgan fingerprint density at radius 2 is 0.951 bits per heavy atom. The summed E-state index contributed by atoms with van der Waals surface area (Å²) in [4.78, 5) is 25.5. The summed E-state index contributed by atoms with van der Waals surface area (Å²) in [5.41, 5.74) is 3.70. The summed E-state index contributed by atoms with van der Waals surface area (Å²) in [5.74, 6) is 0. The zero-order chi connectivity index (χ0) is 28.7. The van der Waals surface area contributed by atoms with Crippen molar-refractivity contribution in [2.45, 2.75) is 50.7 Å². The van der Waals surface area contributed by atoms with Gasteiger partial charge in [-0.3, -0.25) is 0 Å². The molecule has 3 N–H and O–H groups in total. The standard InChI is InChI=1S/C34H36N2O5/c37-32(31(22-27-15-7-2-8-16-27)36-34(39)41-25-29-19-11-4-12-20-29)23-30(21-26-13-5-1-6-14-26)35-33(38)40-24-28-17-9-3-10-18-28/h1-20,30-32,37H,21-25H2,(H,35,38)(H,36,39)/t30-,31-,32-/m0/s1. The van der Waals surface area contributed by atoms with Gasteiger partial charge in [0.1, 0.15) is 13.2 Å². The van der Waals surface area contributed by atoms with E-state index in [1.165, 1.54) is 0 Å². The molecule has 0 unspecified atom stereocenters. The third-order valence-electron chi connectivity index (χ3n) is 6.66. The van der Waals surface area contributed by atoms with E-state index in [0.29, 0.717) is 12.8 Å². The Morgan fingerprint density at radius 1 is 0.561 bits per heavy atom. The minimum Gasteiger partial charge on any atom is -0.445 e. The summed E-state index contributed by atoms with van der Waals surface area (Å²) in [6.45, 7) is 0.255. The van der Waals surface area contributed by atoms with Crippen LogP contribution in [0.4, 0.5) is 9.59 Å². The van der Waals surface area contributed by atoms with Gasteiger partial charge in [0.2, 0.25) is 0 Å². The van der Waals surface area contributed by atoms with Gasteiger partial charge in [-0.1, -0.05) is 121 Å². The lowest BCUT2D eigenvalue weighted by atomic mass is 9.94. The maximum Gasteiger partial charge on any atom is 0.407 e. The Balaban J connectivity index is 1.43. The lowest BCUT2D eigenvalue weighted by Gasteiger charge is -2.28. The van der Waals surface area contributed by atoms with Crippen molar-refractivity contribution in [2.75, 3.05) is 0 Å². The number of amides is 2. The summed E-state index contributed by atoms with van der Waals surface area (Å²) in [7, 11) is 0. The summed E-state index contributed by atoms with van der Waals surface area (Å²) >= 11 is 0. The quantitative estimate of drug-likeness (QED) is 0.194. The molecule has 0 aliphatic heterocycles. The molecule has 0 aromatic heterocycles. The van der Waals surface area contributed by atoms with Crippen LogP contribution in [0.3, 0.4) is 0 Å². The van der Waals surface area contributed by atoms with Crippen molar-refractivity contribution in [1.82, 2.24) is 10.6 Å². The van der Waals surface area contributed by atoms with Crippen molar-refractivity contribution in [1.29, 1.82) is 0 Å². The summed E-state index contributed by atoms with van der Waals surface area (Å²) in [6.07, 6.45) is -1.12. The van der Waals surface area contributed by atoms with Crippen molar-refractivity contribution < 1.29 is 24.2 Å². The van der Waals surface area contributed by atoms with Crippen LogP contribution in [0.15, 0.2) is 121 Å². The van der Waals surface area contributed by atoms with Gasteiger partial charge >= 0.3 is 12.2 Å². The Bertz CT molecular complexity index is 1320. The fourth-order valence-electron chi connectivity index (χ4n) is 4.55. The van der Waals surface area contributed by atoms with Gasteiger partial charge in [-0.15, -0.1) is 0 Å². The molecule has 0 heterocycles. The molecule has 0 spiro atoms. The smallest absolute Gasteiger partial charge is 0.407 e. The van der Waals surface area contributed by atoms with E-state index in [-0.39, 0.29) is 19.6 Å². The van der Waals surface area contributed by atoms with Crippen molar-refractivity contribution >= 4 is 12.2 Å². The van der Waals surface area contributed by atoms with Crippen molar-refractivity contribution in [3.63, 3.8) is 0 Å². The van der Waals surface area contributed by atoms with E-state index in [2.05, 4.69) is 10.6 Å². The molecule has 4 aromatic carbocycles. The minimum absolute atomic E-state index is 0.117. The molecular weight excluding hydrogens is 516 g/mol. The van der Waals surface area contributed by atoms with Gasteiger partial charge in [0.05, 0.1) is 12.1 Å². The number of ether oxygens (including phenoxy) is 2. The molecule has 7 nitrogen and oxygen atoms in total. The van der Waals surface area contributed by atoms with Crippen LogP contribution >= 0.6 is 0 Å². The zero-order valence-corrected chi connectivity index (χ0v) is 22.9. The summed E-state index contributed by atoms with van der Waals surface area (Å²) in [5, 5.41) is 17.2.